The molecule has 1 aliphatic heterocycles. The van der Waals surface area contributed by atoms with Crippen molar-refractivity contribution in [1.82, 2.24) is 15.1 Å². The van der Waals surface area contributed by atoms with Crippen molar-refractivity contribution in [1.29, 1.82) is 0 Å². The number of hydrogen-bond acceptors (Lipinski definition) is 6. The van der Waals surface area contributed by atoms with Crippen molar-refractivity contribution in [2.24, 2.45) is 7.05 Å². The number of carbonyl (C=O) groups excluding carboxylic acids is 2. The predicted octanol–water partition coefficient (Wildman–Crippen LogP) is 2.78. The number of rotatable bonds is 6. The van der Waals surface area contributed by atoms with E-state index in [4.69, 9.17) is 14.2 Å². The van der Waals surface area contributed by atoms with Crippen molar-refractivity contribution in [2.45, 2.75) is 18.9 Å². The Labute approximate surface area is 195 Å². The van der Waals surface area contributed by atoms with Crippen LogP contribution in [0.4, 0.5) is 10.2 Å². The molecular weight excluding hydrogens is 443 g/mol. The summed E-state index contributed by atoms with van der Waals surface area (Å²) in [6.07, 6.45) is 0. The Balaban J connectivity index is 1.77. The highest BCUT2D eigenvalue weighted by Crippen LogP contribution is 2.40. The van der Waals surface area contributed by atoms with Gasteiger partial charge in [-0.1, -0.05) is 6.07 Å². The number of nitrogens with one attached hydrogen (secondary N) is 2. The fourth-order valence-electron chi connectivity index (χ4n) is 4.29. The molecule has 1 aromatic heterocycles. The van der Waals surface area contributed by atoms with E-state index in [2.05, 4.69) is 15.7 Å². The Kier molecular flexibility index (Phi) is 6.14. The van der Waals surface area contributed by atoms with Crippen molar-refractivity contribution < 1.29 is 28.2 Å². The highest BCUT2D eigenvalue weighted by molar-refractivity contribution is 6.04. The molecule has 2 aromatic carbocycles. The molecule has 0 aliphatic carbocycles. The first-order chi connectivity index (χ1) is 16.3. The van der Waals surface area contributed by atoms with Crippen molar-refractivity contribution in [3.63, 3.8) is 0 Å². The Hall–Kier alpha value is -4.08. The minimum atomic E-state index is -1.02. The van der Waals surface area contributed by atoms with Gasteiger partial charge in [0.2, 0.25) is 5.91 Å². The van der Waals surface area contributed by atoms with Crippen LogP contribution in [0.5, 0.6) is 17.2 Å². The second-order valence-corrected chi connectivity index (χ2v) is 7.85. The van der Waals surface area contributed by atoms with Gasteiger partial charge in [-0.2, -0.15) is 5.10 Å². The third kappa shape index (κ3) is 3.91. The van der Waals surface area contributed by atoms with E-state index >= 15 is 0 Å². The molecule has 9 nitrogen and oxygen atoms in total. The average Bonchev–Trinajstić information content (AvgIpc) is 3.11. The second kappa shape index (κ2) is 9.05. The van der Waals surface area contributed by atoms with E-state index in [9.17, 15) is 14.0 Å². The van der Waals surface area contributed by atoms with E-state index < -0.39 is 29.6 Å². The molecule has 3 aromatic rings. The largest absolute Gasteiger partial charge is 0.494 e. The average molecular weight is 468 g/mol. The quantitative estimate of drug-likeness (QED) is 0.577. The van der Waals surface area contributed by atoms with Gasteiger partial charge in [-0.25, -0.2) is 4.39 Å². The molecule has 4 rings (SSSR count). The van der Waals surface area contributed by atoms with Gasteiger partial charge in [-0.3, -0.25) is 14.3 Å². The lowest BCUT2D eigenvalue weighted by molar-refractivity contribution is -0.118. The maximum absolute atomic E-state index is 14.6. The second-order valence-electron chi connectivity index (χ2n) is 7.85. The van der Waals surface area contributed by atoms with Crippen LogP contribution in [0, 0.1) is 12.7 Å². The normalized spacial score (nSPS) is 16.9. The number of aromatic nitrogens is 2. The number of carbonyl (C=O) groups is 2. The van der Waals surface area contributed by atoms with E-state index in [1.54, 1.807) is 36.9 Å². The number of anilines is 1. The molecule has 0 saturated heterocycles. The number of ether oxygens (including phenoxy) is 3. The summed E-state index contributed by atoms with van der Waals surface area (Å²) in [4.78, 5) is 26.3. The molecule has 0 bridgehead atoms. The number of methoxy groups -OCH3 is 3. The van der Waals surface area contributed by atoms with Gasteiger partial charge in [0, 0.05) is 24.1 Å². The zero-order valence-corrected chi connectivity index (χ0v) is 19.4. The van der Waals surface area contributed by atoms with Crippen LogP contribution >= 0.6 is 0 Å². The van der Waals surface area contributed by atoms with Crippen LogP contribution in [-0.2, 0) is 11.8 Å². The molecule has 0 spiro atoms. The van der Waals surface area contributed by atoms with Crippen molar-refractivity contribution >= 4 is 17.6 Å². The highest BCUT2D eigenvalue weighted by Gasteiger charge is 2.41. The van der Waals surface area contributed by atoms with Crippen LogP contribution in [0.1, 0.15) is 33.1 Å². The topological polar surface area (TPSA) is 104 Å². The van der Waals surface area contributed by atoms with Gasteiger partial charge < -0.3 is 24.8 Å². The summed E-state index contributed by atoms with van der Waals surface area (Å²) in [5.74, 6) is -0.755. The zero-order chi connectivity index (χ0) is 24.6. The summed E-state index contributed by atoms with van der Waals surface area (Å²) < 4.78 is 31.7. The van der Waals surface area contributed by atoms with Gasteiger partial charge in [-0.15, -0.1) is 0 Å². The van der Waals surface area contributed by atoms with E-state index in [-0.39, 0.29) is 11.3 Å². The molecule has 2 atom stereocenters. The summed E-state index contributed by atoms with van der Waals surface area (Å²) in [7, 11) is 6.05. The smallest absolute Gasteiger partial charge is 0.252 e. The minimum absolute atomic E-state index is 0.0815. The van der Waals surface area contributed by atoms with Gasteiger partial charge >= 0.3 is 0 Å². The predicted molar refractivity (Wildman–Crippen MR) is 122 cm³/mol. The molecule has 10 heteroatoms. The van der Waals surface area contributed by atoms with Crippen LogP contribution in [0.3, 0.4) is 0 Å². The highest BCUT2D eigenvalue weighted by atomic mass is 19.1. The summed E-state index contributed by atoms with van der Waals surface area (Å²) in [5, 5.41) is 10.0. The van der Waals surface area contributed by atoms with E-state index in [0.29, 0.717) is 34.1 Å². The van der Waals surface area contributed by atoms with Crippen molar-refractivity contribution in [3.8, 4) is 17.2 Å². The van der Waals surface area contributed by atoms with Gasteiger partial charge in [0.15, 0.2) is 23.1 Å². The number of halogens is 1. The molecule has 0 radical (unpaired) electrons. The van der Waals surface area contributed by atoms with Crippen molar-refractivity contribution in [3.05, 3.63) is 64.6 Å². The lowest BCUT2D eigenvalue weighted by Gasteiger charge is -2.32. The molecule has 1 aliphatic rings. The Morgan fingerprint density at radius 1 is 1.06 bits per heavy atom. The van der Waals surface area contributed by atoms with Gasteiger partial charge in [0.05, 0.1) is 27.0 Å². The number of benzene rings is 2. The fourth-order valence-corrected chi connectivity index (χ4v) is 4.29. The molecule has 2 amide bonds. The fraction of sp³-hybridized carbons (Fsp3) is 0.292. The van der Waals surface area contributed by atoms with Crippen LogP contribution in [-0.4, -0.2) is 49.0 Å². The number of aryl methyl sites for hydroxylation is 2. The molecule has 0 saturated carbocycles. The number of fused-ring (bicyclic) bond motifs is 1. The first kappa shape index (κ1) is 23.1. The first-order valence-corrected chi connectivity index (χ1v) is 10.5. The molecule has 0 unspecified atom stereocenters. The zero-order valence-electron chi connectivity index (χ0n) is 19.4. The molecule has 2 heterocycles. The lowest BCUT2D eigenvalue weighted by Crippen LogP contribution is -2.50. The first-order valence-electron chi connectivity index (χ1n) is 10.5. The maximum Gasteiger partial charge on any atom is 0.252 e. The van der Waals surface area contributed by atoms with Gasteiger partial charge in [-0.05, 0) is 42.8 Å². The SMILES string of the molecule is COc1ccc([C@H]2c3c(C)nn(C)c3NC(=O)[C@@H]2NC(=O)c2ccc(OC)c(OC)c2)cc1F. The standard InChI is InChI=1S/C24H25FN4O5/c1-12-19-20(13-6-8-16(32-3)15(25)10-13)21(24(31)27-22(19)29(2)28-12)26-23(30)14-7-9-17(33-4)18(11-14)34-5/h6-11,20-21H,1-5H3,(H,26,30)(H,27,31)/t20-,21+/m0/s1. The molecule has 34 heavy (non-hydrogen) atoms. The Bertz CT molecular complexity index is 1270. The third-order valence-corrected chi connectivity index (χ3v) is 5.90. The number of hydrogen-bond donors (Lipinski definition) is 2. The summed E-state index contributed by atoms with van der Waals surface area (Å²) in [6.45, 7) is 1.80. The maximum atomic E-state index is 14.6. The number of nitrogens with zero attached hydrogens (tertiary/aromatic N) is 2. The van der Waals surface area contributed by atoms with E-state index in [0.717, 1.165) is 0 Å². The number of amides is 2. The minimum Gasteiger partial charge on any atom is -0.494 e. The van der Waals surface area contributed by atoms with Crippen LogP contribution in [0.2, 0.25) is 0 Å². The summed E-state index contributed by atoms with van der Waals surface area (Å²) in [6, 6.07) is 8.16. The molecular formula is C24H25FN4O5. The van der Waals surface area contributed by atoms with E-state index in [1.165, 1.54) is 39.5 Å². The monoisotopic (exact) mass is 468 g/mol. The van der Waals surface area contributed by atoms with Gasteiger partial charge in [0.1, 0.15) is 11.9 Å². The van der Waals surface area contributed by atoms with Crippen LogP contribution < -0.4 is 24.8 Å². The molecule has 2 N–H and O–H groups in total. The summed E-state index contributed by atoms with van der Waals surface area (Å²) >= 11 is 0. The van der Waals surface area contributed by atoms with E-state index in [1.807, 2.05) is 0 Å². The Morgan fingerprint density at radius 2 is 1.74 bits per heavy atom. The Morgan fingerprint density at radius 3 is 2.38 bits per heavy atom. The molecule has 178 valence electrons. The third-order valence-electron chi connectivity index (χ3n) is 5.90. The van der Waals surface area contributed by atoms with Crippen LogP contribution in [0.25, 0.3) is 0 Å². The lowest BCUT2D eigenvalue weighted by atomic mass is 9.81. The molecule has 0 fully saturated rings. The van der Waals surface area contributed by atoms with Gasteiger partial charge in [0.25, 0.3) is 5.91 Å². The summed E-state index contributed by atoms with van der Waals surface area (Å²) in [5.41, 5.74) is 2.13. The van der Waals surface area contributed by atoms with Crippen LogP contribution in [0.15, 0.2) is 36.4 Å². The van der Waals surface area contributed by atoms with Crippen molar-refractivity contribution in [2.75, 3.05) is 26.6 Å².